The van der Waals surface area contributed by atoms with Gasteiger partial charge in [-0.2, -0.15) is 0 Å². The summed E-state index contributed by atoms with van der Waals surface area (Å²) in [5.41, 5.74) is 4.24. The first-order valence-corrected chi connectivity index (χ1v) is 17.8. The number of aromatic carboxylic acids is 1. The number of carbonyl (C=O) groups is 2. The highest BCUT2D eigenvalue weighted by Crippen LogP contribution is 2.40. The van der Waals surface area contributed by atoms with Gasteiger partial charge in [-0.1, -0.05) is 24.3 Å². The van der Waals surface area contributed by atoms with Gasteiger partial charge in [-0.25, -0.2) is 4.79 Å². The van der Waals surface area contributed by atoms with Crippen molar-refractivity contribution in [1.29, 1.82) is 0 Å². The van der Waals surface area contributed by atoms with Gasteiger partial charge in [0.05, 0.1) is 18.5 Å². The second kappa shape index (κ2) is 13.9. The molecule has 0 saturated carbocycles. The van der Waals surface area contributed by atoms with Gasteiger partial charge in [-0.3, -0.25) is 4.79 Å². The zero-order valence-electron chi connectivity index (χ0n) is 24.9. The van der Waals surface area contributed by atoms with E-state index in [-0.39, 0.29) is 5.91 Å². The maximum atomic E-state index is 13.2. The number of thiophene rings is 2. The molecule has 11 heteroatoms. The normalized spacial score (nSPS) is 13.3. The van der Waals surface area contributed by atoms with Crippen LogP contribution in [0.5, 0.6) is 5.75 Å². The number of benzene rings is 3. The van der Waals surface area contributed by atoms with Gasteiger partial charge in [0.25, 0.3) is 5.91 Å². The number of anilines is 2. The number of amides is 1. The van der Waals surface area contributed by atoms with Crippen molar-refractivity contribution >= 4 is 83.9 Å². The van der Waals surface area contributed by atoms with Crippen LogP contribution in [0.25, 0.3) is 10.1 Å². The predicted octanol–water partition coefficient (Wildman–Crippen LogP) is 8.46. The van der Waals surface area contributed by atoms with Crippen molar-refractivity contribution < 1.29 is 19.4 Å². The molecule has 3 heterocycles. The number of fused-ring (bicyclic) bond motifs is 1. The summed E-state index contributed by atoms with van der Waals surface area (Å²) in [5.74, 6) is 0.0222. The van der Waals surface area contributed by atoms with Crippen LogP contribution in [0.3, 0.4) is 0 Å². The number of methoxy groups -OCH3 is 1. The van der Waals surface area contributed by atoms with Crippen LogP contribution in [0.15, 0.2) is 87.5 Å². The summed E-state index contributed by atoms with van der Waals surface area (Å²) in [7, 11) is 1.67. The van der Waals surface area contributed by atoms with Crippen molar-refractivity contribution in [3.8, 4) is 5.75 Å². The van der Waals surface area contributed by atoms with Gasteiger partial charge < -0.3 is 23.9 Å². The monoisotopic (exact) mass is 721 g/mol. The average Bonchev–Trinajstić information content (AvgIpc) is 3.65. The van der Waals surface area contributed by atoms with E-state index in [2.05, 4.69) is 73.7 Å². The number of rotatable bonds is 10. The van der Waals surface area contributed by atoms with Crippen LogP contribution in [0.1, 0.15) is 30.5 Å². The van der Waals surface area contributed by atoms with Gasteiger partial charge in [0, 0.05) is 46.8 Å². The summed E-state index contributed by atoms with van der Waals surface area (Å²) in [6.07, 6.45) is 0.826. The molecule has 6 rings (SSSR count). The van der Waals surface area contributed by atoms with Crippen molar-refractivity contribution in [3.63, 3.8) is 0 Å². The molecule has 0 atom stereocenters. The van der Waals surface area contributed by atoms with Gasteiger partial charge in [-0.05, 0) is 112 Å². The van der Waals surface area contributed by atoms with Crippen molar-refractivity contribution in [2.45, 2.75) is 18.2 Å². The zero-order valence-corrected chi connectivity index (χ0v) is 28.9. The predicted molar refractivity (Wildman–Crippen MR) is 190 cm³/mol. The minimum absolute atomic E-state index is 0.0756. The maximum Gasteiger partial charge on any atom is 0.346 e. The number of piperazine rings is 1. The number of carboxylic acids is 1. The molecule has 45 heavy (non-hydrogen) atoms. The lowest BCUT2D eigenvalue weighted by molar-refractivity contribution is 0.0700. The smallest absolute Gasteiger partial charge is 0.346 e. The lowest BCUT2D eigenvalue weighted by atomic mass is 10.1. The molecule has 3 aromatic carbocycles. The molecule has 0 spiro atoms. The van der Waals surface area contributed by atoms with Gasteiger partial charge >= 0.3 is 5.97 Å². The lowest BCUT2D eigenvalue weighted by Crippen LogP contribution is -2.49. The number of hydrogen-bond acceptors (Lipinski definition) is 8. The van der Waals surface area contributed by atoms with Crippen LogP contribution in [0.4, 0.5) is 11.4 Å². The Morgan fingerprint density at radius 1 is 1.00 bits per heavy atom. The molecule has 1 N–H and O–H groups in total. The summed E-state index contributed by atoms with van der Waals surface area (Å²) in [6.45, 7) is 5.41. The highest BCUT2D eigenvalue weighted by molar-refractivity contribution is 9.10. The van der Waals surface area contributed by atoms with Gasteiger partial charge in [0.15, 0.2) is 0 Å². The zero-order chi connectivity index (χ0) is 31.5. The first kappa shape index (κ1) is 31.5. The Hall–Kier alpha value is -3.51. The fourth-order valence-corrected chi connectivity index (χ4v) is 9.03. The fraction of sp³-hybridized carbons (Fsp3) is 0.235. The molecule has 1 aliphatic heterocycles. The first-order valence-electron chi connectivity index (χ1n) is 14.5. The Balaban J connectivity index is 1.27. The third-order valence-corrected chi connectivity index (χ3v) is 12.1. The topological polar surface area (TPSA) is 73.3 Å². The van der Waals surface area contributed by atoms with Crippen molar-refractivity contribution in [2.24, 2.45) is 0 Å². The molecule has 0 bridgehead atoms. The molecular weight excluding hydrogens is 690 g/mol. The standard InChI is InChI=1S/C34H32BrN3O4S3/c1-22-26-21-25(11-12-30(26)44-31(22)34(40)41)45-38(15-13-23-7-9-24(42-2)10-8-23)29-6-4-3-5-28(29)36-16-18-37(19-17-36)33(39)32-27(35)14-20-43-32/h3-12,14,20-21H,13,15-19H2,1-2H3,(H,40,41). The summed E-state index contributed by atoms with van der Waals surface area (Å²) in [4.78, 5) is 31.4. The molecule has 232 valence electrons. The summed E-state index contributed by atoms with van der Waals surface area (Å²) >= 11 is 7.96. The van der Waals surface area contributed by atoms with Crippen LogP contribution in [0.2, 0.25) is 0 Å². The second-order valence-corrected chi connectivity index (χ2v) is 14.6. The quantitative estimate of drug-likeness (QED) is 0.145. The Kier molecular flexibility index (Phi) is 9.70. The summed E-state index contributed by atoms with van der Waals surface area (Å²) in [6, 6.07) is 24.8. The van der Waals surface area contributed by atoms with Gasteiger partial charge in [-0.15, -0.1) is 22.7 Å². The number of nitrogens with zero attached hydrogens (tertiary/aromatic N) is 3. The highest BCUT2D eigenvalue weighted by Gasteiger charge is 2.26. The third kappa shape index (κ3) is 6.86. The molecule has 0 aliphatic carbocycles. The van der Waals surface area contributed by atoms with E-state index in [0.29, 0.717) is 18.0 Å². The van der Waals surface area contributed by atoms with E-state index < -0.39 is 5.97 Å². The maximum absolute atomic E-state index is 13.2. The van der Waals surface area contributed by atoms with Crippen LogP contribution < -0.4 is 13.9 Å². The van der Waals surface area contributed by atoms with E-state index in [1.54, 1.807) is 19.1 Å². The van der Waals surface area contributed by atoms with Crippen LogP contribution in [-0.2, 0) is 6.42 Å². The number of ether oxygens (including phenoxy) is 1. The van der Waals surface area contributed by atoms with Crippen LogP contribution in [0, 0.1) is 6.92 Å². The molecular formula is C34H32BrN3O4S3. The summed E-state index contributed by atoms with van der Waals surface area (Å²) in [5, 5.41) is 12.6. The highest BCUT2D eigenvalue weighted by atomic mass is 79.9. The Morgan fingerprint density at radius 3 is 2.44 bits per heavy atom. The van der Waals surface area contributed by atoms with Crippen LogP contribution >= 0.6 is 50.6 Å². The van der Waals surface area contributed by atoms with E-state index >= 15 is 0 Å². The van der Waals surface area contributed by atoms with E-state index in [9.17, 15) is 14.7 Å². The van der Waals surface area contributed by atoms with Gasteiger partial charge in [0.2, 0.25) is 0 Å². The Bertz CT molecular complexity index is 1830. The SMILES string of the molecule is COc1ccc(CCN(Sc2ccc3sc(C(=O)O)c(C)c3c2)c2ccccc2N2CCN(C(=O)c3sccc3Br)CC2)cc1. The third-order valence-electron chi connectivity index (χ3n) is 7.95. The van der Waals surface area contributed by atoms with Crippen molar-refractivity contribution in [3.05, 3.63) is 104 Å². The first-order chi connectivity index (χ1) is 21.8. The molecule has 2 aromatic heterocycles. The Labute approximate surface area is 283 Å². The Morgan fingerprint density at radius 2 is 1.76 bits per heavy atom. The van der Waals surface area contributed by atoms with E-state index in [4.69, 9.17) is 4.74 Å². The molecule has 1 aliphatic rings. The van der Waals surface area contributed by atoms with E-state index in [1.807, 2.05) is 41.5 Å². The number of carbonyl (C=O) groups excluding carboxylic acids is 1. The summed E-state index contributed by atoms with van der Waals surface area (Å²) < 4.78 is 9.51. The molecule has 0 radical (unpaired) electrons. The average molecular weight is 723 g/mol. The molecule has 1 fully saturated rings. The van der Waals surface area contributed by atoms with E-state index in [0.717, 1.165) is 73.1 Å². The van der Waals surface area contributed by atoms with Gasteiger partial charge in [0.1, 0.15) is 15.5 Å². The minimum Gasteiger partial charge on any atom is -0.497 e. The fourth-order valence-electron chi connectivity index (χ4n) is 5.51. The molecule has 0 unspecified atom stereocenters. The number of aryl methyl sites for hydroxylation is 1. The molecule has 1 saturated heterocycles. The number of halogens is 1. The number of hydrogen-bond donors (Lipinski definition) is 1. The molecule has 5 aromatic rings. The minimum atomic E-state index is -0.886. The molecule has 1 amide bonds. The number of para-hydroxylation sites is 2. The molecule has 7 nitrogen and oxygen atoms in total. The van der Waals surface area contributed by atoms with Crippen molar-refractivity contribution in [1.82, 2.24) is 4.90 Å². The van der Waals surface area contributed by atoms with Crippen LogP contribution in [-0.4, -0.2) is 61.7 Å². The van der Waals surface area contributed by atoms with Crippen molar-refractivity contribution in [2.75, 3.05) is 49.0 Å². The second-order valence-electron chi connectivity index (χ2n) is 10.7. The lowest BCUT2D eigenvalue weighted by Gasteiger charge is -2.38. The van der Waals surface area contributed by atoms with E-state index in [1.165, 1.54) is 28.2 Å². The number of carboxylic acid groups (broad SMARTS) is 1. The largest absolute Gasteiger partial charge is 0.497 e.